The molecule has 150 valence electrons. The van der Waals surface area contributed by atoms with Crippen LogP contribution in [-0.4, -0.2) is 45.7 Å². The van der Waals surface area contributed by atoms with E-state index in [1.54, 1.807) is 12.3 Å². The van der Waals surface area contributed by atoms with E-state index < -0.39 is 0 Å². The van der Waals surface area contributed by atoms with Gasteiger partial charge >= 0.3 is 0 Å². The van der Waals surface area contributed by atoms with E-state index in [9.17, 15) is 9.59 Å². The van der Waals surface area contributed by atoms with Gasteiger partial charge in [-0.25, -0.2) is 0 Å². The van der Waals surface area contributed by atoms with Crippen LogP contribution in [0.25, 0.3) is 0 Å². The number of piperidine rings is 1. The Morgan fingerprint density at radius 3 is 2.31 bits per heavy atom. The average molecular weight is 389 g/mol. The Labute approximate surface area is 171 Å². The van der Waals surface area contributed by atoms with Gasteiger partial charge in [0.2, 0.25) is 5.91 Å². The van der Waals surface area contributed by atoms with Crippen LogP contribution in [0.15, 0.2) is 54.7 Å². The van der Waals surface area contributed by atoms with Crippen LogP contribution in [0, 0.1) is 5.41 Å². The van der Waals surface area contributed by atoms with E-state index in [0.717, 1.165) is 38.5 Å². The van der Waals surface area contributed by atoms with Crippen molar-refractivity contribution < 1.29 is 9.59 Å². The number of nitrogens with zero attached hydrogens (tertiary/aromatic N) is 3. The highest BCUT2D eigenvalue weighted by Crippen LogP contribution is 2.60. The average Bonchev–Trinajstić information content (AvgIpc) is 3.30. The highest BCUT2D eigenvalue weighted by atomic mass is 16.2. The van der Waals surface area contributed by atoms with Gasteiger partial charge in [0, 0.05) is 25.3 Å². The Kier molecular flexibility index (Phi) is 4.61. The van der Waals surface area contributed by atoms with Crippen LogP contribution >= 0.6 is 0 Å². The van der Waals surface area contributed by atoms with Crippen molar-refractivity contribution >= 4 is 11.8 Å². The van der Waals surface area contributed by atoms with Gasteiger partial charge in [-0.2, -0.15) is 0 Å². The topological polar surface area (TPSA) is 53.5 Å². The largest absolute Gasteiger partial charge is 0.337 e. The van der Waals surface area contributed by atoms with Crippen LogP contribution < -0.4 is 0 Å². The molecule has 3 aliphatic rings. The number of carbonyl (C=O) groups excluding carboxylic acids is 2. The predicted octanol–water partition coefficient (Wildman–Crippen LogP) is 3.83. The maximum absolute atomic E-state index is 13.3. The molecule has 1 aromatic heterocycles. The first-order valence-corrected chi connectivity index (χ1v) is 10.8. The molecule has 0 bridgehead atoms. The zero-order valence-electron chi connectivity index (χ0n) is 16.7. The molecule has 1 unspecified atom stereocenters. The smallest absolute Gasteiger partial charge is 0.272 e. The molecule has 5 nitrogen and oxygen atoms in total. The standard InChI is InChI=1S/C24H27N3O2/c28-22(20-10-4-7-15-25-20)26-16-11-19(12-17-26)27-21(18-8-2-1-3-9-18)24(23(27)29)13-5-6-14-24/h1-4,7-10,15,19,21H,5-6,11-14,16-17H2. The second-order valence-electron chi connectivity index (χ2n) is 8.63. The summed E-state index contributed by atoms with van der Waals surface area (Å²) >= 11 is 0. The molecule has 1 aliphatic carbocycles. The van der Waals surface area contributed by atoms with E-state index in [1.165, 1.54) is 5.56 Å². The second-order valence-corrected chi connectivity index (χ2v) is 8.63. The lowest BCUT2D eigenvalue weighted by molar-refractivity contribution is -0.180. The minimum Gasteiger partial charge on any atom is -0.337 e. The summed E-state index contributed by atoms with van der Waals surface area (Å²) in [5, 5.41) is 0. The minimum absolute atomic E-state index is 0.00846. The van der Waals surface area contributed by atoms with Gasteiger partial charge in [-0.3, -0.25) is 14.6 Å². The molecule has 1 aromatic carbocycles. The number of likely N-dealkylation sites (tertiary alicyclic amines) is 2. The number of aromatic nitrogens is 1. The third kappa shape index (κ3) is 2.95. The number of amides is 2. The molecular formula is C24H27N3O2. The molecule has 0 N–H and O–H groups in total. The number of hydrogen-bond acceptors (Lipinski definition) is 3. The van der Waals surface area contributed by atoms with Crippen LogP contribution in [0.4, 0.5) is 0 Å². The summed E-state index contributed by atoms with van der Waals surface area (Å²) in [6.45, 7) is 1.36. The van der Waals surface area contributed by atoms with E-state index in [1.807, 2.05) is 23.1 Å². The summed E-state index contributed by atoms with van der Waals surface area (Å²) < 4.78 is 0. The van der Waals surface area contributed by atoms with Gasteiger partial charge in [-0.15, -0.1) is 0 Å². The van der Waals surface area contributed by atoms with Crippen molar-refractivity contribution in [3.05, 3.63) is 66.0 Å². The van der Waals surface area contributed by atoms with Gasteiger partial charge in [0.25, 0.3) is 5.91 Å². The first-order chi connectivity index (χ1) is 14.2. The number of carbonyl (C=O) groups is 2. The van der Waals surface area contributed by atoms with Gasteiger partial charge in [0.05, 0.1) is 11.5 Å². The zero-order chi connectivity index (χ0) is 19.8. The van der Waals surface area contributed by atoms with Gasteiger partial charge in [-0.05, 0) is 43.4 Å². The highest BCUT2D eigenvalue weighted by molar-refractivity contribution is 5.93. The maximum atomic E-state index is 13.3. The third-order valence-corrected chi connectivity index (χ3v) is 7.10. The molecule has 2 amide bonds. The second kappa shape index (κ2) is 7.29. The van der Waals surface area contributed by atoms with Crippen LogP contribution in [0.1, 0.15) is 60.6 Å². The Bertz CT molecular complexity index is 885. The molecule has 5 heteroatoms. The number of pyridine rings is 1. The quantitative estimate of drug-likeness (QED) is 0.750. The van der Waals surface area contributed by atoms with Crippen molar-refractivity contribution in [1.82, 2.24) is 14.8 Å². The SMILES string of the molecule is O=C(c1ccccn1)N1CCC(N2C(=O)C3(CCCC3)C2c2ccccc2)CC1. The summed E-state index contributed by atoms with van der Waals surface area (Å²) in [6.07, 6.45) is 7.66. The Morgan fingerprint density at radius 1 is 0.966 bits per heavy atom. The number of benzene rings is 1. The Balaban J connectivity index is 1.32. The van der Waals surface area contributed by atoms with Crippen molar-refractivity contribution in [3.63, 3.8) is 0 Å². The fraction of sp³-hybridized carbons (Fsp3) is 0.458. The van der Waals surface area contributed by atoms with E-state index in [-0.39, 0.29) is 23.4 Å². The normalized spacial score (nSPS) is 24.0. The van der Waals surface area contributed by atoms with Crippen LogP contribution in [0.5, 0.6) is 0 Å². The van der Waals surface area contributed by atoms with Gasteiger partial charge < -0.3 is 9.80 Å². The fourth-order valence-corrected chi connectivity index (χ4v) is 5.67. The van der Waals surface area contributed by atoms with E-state index in [2.05, 4.69) is 34.1 Å². The van der Waals surface area contributed by atoms with Gasteiger partial charge in [0.15, 0.2) is 0 Å². The molecule has 0 radical (unpaired) electrons. The van der Waals surface area contributed by atoms with Crippen LogP contribution in [0.3, 0.4) is 0 Å². The van der Waals surface area contributed by atoms with E-state index in [0.29, 0.717) is 24.7 Å². The molecule has 2 aromatic rings. The lowest BCUT2D eigenvalue weighted by atomic mass is 9.65. The molecule has 1 saturated carbocycles. The fourth-order valence-electron chi connectivity index (χ4n) is 5.67. The molecule has 1 spiro atoms. The lowest BCUT2D eigenvalue weighted by Gasteiger charge is -2.59. The summed E-state index contributed by atoms with van der Waals surface area (Å²) in [7, 11) is 0. The van der Waals surface area contributed by atoms with Crippen molar-refractivity contribution in [1.29, 1.82) is 0 Å². The lowest BCUT2D eigenvalue weighted by Crippen LogP contribution is -2.66. The van der Waals surface area contributed by atoms with Crippen molar-refractivity contribution in [2.75, 3.05) is 13.1 Å². The Hall–Kier alpha value is -2.69. The molecule has 2 saturated heterocycles. The summed E-state index contributed by atoms with van der Waals surface area (Å²) in [5.74, 6) is 0.337. The summed E-state index contributed by atoms with van der Waals surface area (Å²) in [6, 6.07) is 16.4. The zero-order valence-corrected chi connectivity index (χ0v) is 16.7. The molecule has 3 heterocycles. The van der Waals surface area contributed by atoms with Crippen molar-refractivity contribution in [2.24, 2.45) is 5.41 Å². The molecule has 2 aliphatic heterocycles. The predicted molar refractivity (Wildman–Crippen MR) is 110 cm³/mol. The van der Waals surface area contributed by atoms with E-state index in [4.69, 9.17) is 0 Å². The van der Waals surface area contributed by atoms with Crippen molar-refractivity contribution in [3.8, 4) is 0 Å². The first kappa shape index (κ1) is 18.3. The van der Waals surface area contributed by atoms with Crippen LogP contribution in [-0.2, 0) is 4.79 Å². The third-order valence-electron chi connectivity index (χ3n) is 7.10. The number of hydrogen-bond donors (Lipinski definition) is 0. The first-order valence-electron chi connectivity index (χ1n) is 10.8. The van der Waals surface area contributed by atoms with Gasteiger partial charge in [0.1, 0.15) is 5.69 Å². The molecule has 3 fully saturated rings. The molecule has 29 heavy (non-hydrogen) atoms. The monoisotopic (exact) mass is 389 g/mol. The van der Waals surface area contributed by atoms with E-state index >= 15 is 0 Å². The summed E-state index contributed by atoms with van der Waals surface area (Å²) in [5.41, 5.74) is 1.58. The maximum Gasteiger partial charge on any atom is 0.272 e. The summed E-state index contributed by atoms with van der Waals surface area (Å²) in [4.78, 5) is 34.3. The Morgan fingerprint density at radius 2 is 1.66 bits per heavy atom. The molecule has 5 rings (SSSR count). The molecular weight excluding hydrogens is 362 g/mol. The number of rotatable bonds is 3. The highest BCUT2D eigenvalue weighted by Gasteiger charge is 2.63. The van der Waals surface area contributed by atoms with Crippen molar-refractivity contribution in [2.45, 2.75) is 50.6 Å². The number of β-lactam (4-membered cyclic amide) rings is 1. The molecule has 1 atom stereocenters. The van der Waals surface area contributed by atoms with Gasteiger partial charge in [-0.1, -0.05) is 49.2 Å². The minimum atomic E-state index is -0.178. The van der Waals surface area contributed by atoms with Crippen LogP contribution in [0.2, 0.25) is 0 Å².